The highest BCUT2D eigenvalue weighted by Crippen LogP contribution is 2.45. The first-order chi connectivity index (χ1) is 21.9. The third-order valence-electron chi connectivity index (χ3n) is 9.88. The molecule has 1 heterocycles. The molecule has 0 amide bonds. The molecule has 0 atom stereocenters. The number of hydrogen-bond acceptors (Lipinski definition) is 4. The van der Waals surface area contributed by atoms with E-state index < -0.39 is 42.0 Å². The van der Waals surface area contributed by atoms with Crippen LogP contribution in [0.2, 0.25) is 0 Å². The van der Waals surface area contributed by atoms with E-state index in [0.717, 1.165) is 38.5 Å². The summed E-state index contributed by atoms with van der Waals surface area (Å²) in [6.45, 7) is 3.42. The van der Waals surface area contributed by atoms with Crippen LogP contribution in [0.5, 0.6) is 5.75 Å². The molecule has 256 valence electrons. The molecule has 1 aliphatic heterocycles. The average molecular weight is 661 g/mol. The summed E-state index contributed by atoms with van der Waals surface area (Å²) in [5.41, 5.74) is 0.541. The van der Waals surface area contributed by atoms with E-state index in [2.05, 4.69) is 11.7 Å². The van der Waals surface area contributed by atoms with Crippen molar-refractivity contribution in [2.24, 2.45) is 17.8 Å². The Labute approximate surface area is 265 Å². The van der Waals surface area contributed by atoms with Crippen molar-refractivity contribution in [3.05, 3.63) is 64.7 Å². The summed E-state index contributed by atoms with van der Waals surface area (Å²) in [6.07, 6.45) is 0.0822. The van der Waals surface area contributed by atoms with Crippen LogP contribution in [0.1, 0.15) is 113 Å². The van der Waals surface area contributed by atoms with E-state index in [9.17, 15) is 26.3 Å². The molecule has 2 aromatic carbocycles. The molecule has 4 nitrogen and oxygen atoms in total. The Balaban J connectivity index is 1.06. The van der Waals surface area contributed by atoms with Gasteiger partial charge in [-0.2, -0.15) is 8.78 Å². The van der Waals surface area contributed by atoms with E-state index in [4.69, 9.17) is 14.2 Å². The van der Waals surface area contributed by atoms with Gasteiger partial charge in [0, 0.05) is 11.5 Å². The number of ether oxygens (including phenoxy) is 4. The van der Waals surface area contributed by atoms with Crippen molar-refractivity contribution >= 4 is 0 Å². The molecule has 11 heteroatoms. The van der Waals surface area contributed by atoms with Crippen LogP contribution in [0.25, 0.3) is 0 Å². The molecule has 46 heavy (non-hydrogen) atoms. The van der Waals surface area contributed by atoms with E-state index in [1.165, 1.54) is 12.8 Å². The lowest BCUT2D eigenvalue weighted by Crippen LogP contribution is -2.32. The highest BCUT2D eigenvalue weighted by Gasteiger charge is 2.40. The lowest BCUT2D eigenvalue weighted by molar-refractivity contribution is -0.278. The lowest BCUT2D eigenvalue weighted by atomic mass is 9.69. The van der Waals surface area contributed by atoms with Gasteiger partial charge in [-0.05, 0) is 105 Å². The summed E-state index contributed by atoms with van der Waals surface area (Å²) in [7, 11) is 0. The molecular formula is C35H43F7O4. The fraction of sp³-hybridized carbons (Fsp3) is 0.657. The van der Waals surface area contributed by atoms with E-state index >= 15 is 4.39 Å². The monoisotopic (exact) mass is 660 g/mol. The number of hydrogen-bond donors (Lipinski definition) is 0. The van der Waals surface area contributed by atoms with Crippen LogP contribution in [-0.2, 0) is 20.3 Å². The predicted octanol–water partition coefficient (Wildman–Crippen LogP) is 10.7. The molecule has 5 rings (SSSR count). The van der Waals surface area contributed by atoms with Gasteiger partial charge in [0.2, 0.25) is 0 Å². The fourth-order valence-corrected chi connectivity index (χ4v) is 7.35. The van der Waals surface area contributed by atoms with Gasteiger partial charge in [0.15, 0.2) is 17.9 Å². The van der Waals surface area contributed by atoms with Gasteiger partial charge in [0.05, 0.1) is 24.9 Å². The van der Waals surface area contributed by atoms with Gasteiger partial charge in [0.25, 0.3) is 0 Å². The maximum atomic E-state index is 15.3. The molecule has 0 unspecified atom stereocenters. The maximum Gasteiger partial charge on any atom is 0.573 e. The van der Waals surface area contributed by atoms with Gasteiger partial charge in [-0.25, -0.2) is 8.78 Å². The molecule has 3 aliphatic rings. The third-order valence-corrected chi connectivity index (χ3v) is 9.88. The van der Waals surface area contributed by atoms with E-state index in [1.54, 1.807) is 6.07 Å². The molecule has 0 bridgehead atoms. The Morgan fingerprint density at radius 2 is 1.41 bits per heavy atom. The summed E-state index contributed by atoms with van der Waals surface area (Å²) < 4.78 is 116. The Kier molecular flexibility index (Phi) is 11.6. The largest absolute Gasteiger partial charge is 0.573 e. The molecule has 0 aromatic heterocycles. The van der Waals surface area contributed by atoms with Gasteiger partial charge in [0.1, 0.15) is 5.82 Å². The smallest absolute Gasteiger partial charge is 0.403 e. The number of rotatable bonds is 11. The first kappa shape index (κ1) is 35.0. The highest BCUT2D eigenvalue weighted by atomic mass is 19.4. The van der Waals surface area contributed by atoms with Crippen LogP contribution in [-0.4, -0.2) is 25.7 Å². The third kappa shape index (κ3) is 9.16. The van der Waals surface area contributed by atoms with Gasteiger partial charge < -0.3 is 18.9 Å². The summed E-state index contributed by atoms with van der Waals surface area (Å²) >= 11 is 0. The molecule has 1 saturated heterocycles. The predicted molar refractivity (Wildman–Crippen MR) is 157 cm³/mol. The second-order valence-corrected chi connectivity index (χ2v) is 13.1. The van der Waals surface area contributed by atoms with Crippen molar-refractivity contribution in [1.29, 1.82) is 0 Å². The fourth-order valence-electron chi connectivity index (χ4n) is 7.35. The van der Waals surface area contributed by atoms with Crippen molar-refractivity contribution in [3.8, 4) is 5.75 Å². The van der Waals surface area contributed by atoms with Crippen LogP contribution in [0.15, 0.2) is 36.4 Å². The number of halogens is 7. The Morgan fingerprint density at radius 3 is 2.00 bits per heavy atom. The van der Waals surface area contributed by atoms with Gasteiger partial charge >= 0.3 is 12.5 Å². The Morgan fingerprint density at radius 1 is 0.761 bits per heavy atom. The summed E-state index contributed by atoms with van der Waals surface area (Å²) in [4.78, 5) is 0. The summed E-state index contributed by atoms with van der Waals surface area (Å²) in [5.74, 6) is -1.70. The molecule has 2 aromatic rings. The van der Waals surface area contributed by atoms with Gasteiger partial charge in [-0.1, -0.05) is 38.3 Å². The van der Waals surface area contributed by atoms with Crippen LogP contribution in [0.3, 0.4) is 0 Å². The first-order valence-electron chi connectivity index (χ1n) is 16.6. The SMILES string of the molecule is CCCCCC1COC(c2ccc(C3CCC(C4CCC(OC(F)(F)c5ccc(OC(F)(F)F)c(F)c5)CC4)CC3)c(F)c2)OC1. The van der Waals surface area contributed by atoms with Crippen LogP contribution >= 0.6 is 0 Å². The van der Waals surface area contributed by atoms with Gasteiger partial charge in [-0.3, -0.25) is 0 Å². The van der Waals surface area contributed by atoms with Crippen LogP contribution in [0, 0.1) is 29.4 Å². The van der Waals surface area contributed by atoms with E-state index in [0.29, 0.717) is 86.0 Å². The lowest BCUT2D eigenvalue weighted by Gasteiger charge is -2.38. The second kappa shape index (κ2) is 15.2. The van der Waals surface area contributed by atoms with Crippen LogP contribution < -0.4 is 4.74 Å². The normalized spacial score (nSPS) is 27.8. The van der Waals surface area contributed by atoms with Crippen molar-refractivity contribution in [2.45, 2.75) is 115 Å². The standard InChI is InChI=1S/C35H43F7O4/c1-2-3-4-5-22-20-43-33(44-21-22)26-12-16-29(30(36)18-26)25-8-6-23(7-9-25)24-10-14-28(15-11-24)45-34(38,39)27-13-17-32(31(37)19-27)46-35(40,41)42/h12-13,16-19,22-25,28,33H,2-11,14-15,20-21H2,1H3. The molecule has 0 radical (unpaired) electrons. The van der Waals surface area contributed by atoms with Crippen LogP contribution in [0.4, 0.5) is 30.7 Å². The molecule has 2 saturated carbocycles. The van der Waals surface area contributed by atoms with Crippen molar-refractivity contribution in [2.75, 3.05) is 13.2 Å². The summed E-state index contributed by atoms with van der Waals surface area (Å²) in [5, 5.41) is 0. The second-order valence-electron chi connectivity index (χ2n) is 13.1. The minimum Gasteiger partial charge on any atom is -0.403 e. The molecular weight excluding hydrogens is 617 g/mol. The van der Waals surface area contributed by atoms with Crippen molar-refractivity contribution < 1.29 is 49.7 Å². The maximum absolute atomic E-state index is 15.3. The Bertz CT molecular complexity index is 1260. The molecule has 0 spiro atoms. The number of alkyl halides is 5. The zero-order valence-electron chi connectivity index (χ0n) is 26.1. The summed E-state index contributed by atoms with van der Waals surface area (Å²) in [6, 6.07) is 6.81. The number of unbranched alkanes of at least 4 members (excludes halogenated alkanes) is 2. The van der Waals surface area contributed by atoms with E-state index in [1.807, 2.05) is 12.1 Å². The average Bonchev–Trinajstić information content (AvgIpc) is 3.02. The first-order valence-corrected chi connectivity index (χ1v) is 16.6. The molecule has 2 aliphatic carbocycles. The van der Waals surface area contributed by atoms with E-state index in [-0.39, 0.29) is 11.7 Å². The van der Waals surface area contributed by atoms with Crippen molar-refractivity contribution in [1.82, 2.24) is 0 Å². The minimum absolute atomic E-state index is 0.119. The Hall–Kier alpha value is -2.37. The minimum atomic E-state index is -5.14. The number of benzene rings is 2. The van der Waals surface area contributed by atoms with Gasteiger partial charge in [-0.15, -0.1) is 13.2 Å². The zero-order valence-corrected chi connectivity index (χ0v) is 26.1. The highest BCUT2D eigenvalue weighted by molar-refractivity contribution is 5.31. The zero-order chi connectivity index (χ0) is 32.9. The molecule has 0 N–H and O–H groups in total. The quantitative estimate of drug-likeness (QED) is 0.178. The van der Waals surface area contributed by atoms with Crippen molar-refractivity contribution in [3.63, 3.8) is 0 Å². The molecule has 3 fully saturated rings. The topological polar surface area (TPSA) is 36.9 Å².